The highest BCUT2D eigenvalue weighted by Gasteiger charge is 2.18. The molecule has 0 aliphatic carbocycles. The molecule has 0 aliphatic rings. The number of hydrogen-bond donors (Lipinski definition) is 3. The van der Waals surface area contributed by atoms with Crippen molar-refractivity contribution in [1.82, 2.24) is 15.8 Å². The lowest BCUT2D eigenvalue weighted by Crippen LogP contribution is -2.35. The smallest absolute Gasteiger partial charge is 0.289 e. The van der Waals surface area contributed by atoms with Crippen molar-refractivity contribution >= 4 is 23.4 Å². The van der Waals surface area contributed by atoms with Gasteiger partial charge in [-0.05, 0) is 18.6 Å². The van der Waals surface area contributed by atoms with Crippen LogP contribution in [0.5, 0.6) is 5.75 Å². The number of aliphatic hydroxyl groups is 1. The molecule has 0 saturated carbocycles. The number of halogens is 4. The SMILES string of the molecule is O=C(CCOc1ccc(Cl)c(F)c1)NC[C@@H](O)CCNC(=O)c1cc(C(F)F)no1. The van der Waals surface area contributed by atoms with Crippen LogP contribution in [0.25, 0.3) is 0 Å². The fourth-order valence-corrected chi connectivity index (χ4v) is 2.31. The summed E-state index contributed by atoms with van der Waals surface area (Å²) in [7, 11) is 0. The number of carbonyl (C=O) groups is 2. The number of nitrogens with zero attached hydrogens (tertiary/aromatic N) is 1. The van der Waals surface area contributed by atoms with Crippen molar-refractivity contribution in [3.05, 3.63) is 46.6 Å². The van der Waals surface area contributed by atoms with Gasteiger partial charge in [0.15, 0.2) is 5.69 Å². The van der Waals surface area contributed by atoms with E-state index in [-0.39, 0.29) is 49.1 Å². The van der Waals surface area contributed by atoms with Gasteiger partial charge in [-0.15, -0.1) is 0 Å². The first-order chi connectivity index (χ1) is 14.3. The molecular formula is C18H19ClF3N3O5. The molecule has 2 aromatic rings. The van der Waals surface area contributed by atoms with Gasteiger partial charge < -0.3 is 25.0 Å². The summed E-state index contributed by atoms with van der Waals surface area (Å²) in [6.07, 6.45) is -3.72. The quantitative estimate of drug-likeness (QED) is 0.485. The van der Waals surface area contributed by atoms with Gasteiger partial charge in [-0.1, -0.05) is 16.8 Å². The zero-order valence-corrected chi connectivity index (χ0v) is 16.3. The van der Waals surface area contributed by atoms with E-state index in [1.807, 2.05) is 0 Å². The van der Waals surface area contributed by atoms with Crippen LogP contribution in [-0.4, -0.2) is 47.9 Å². The van der Waals surface area contributed by atoms with Crippen LogP contribution in [-0.2, 0) is 4.79 Å². The fraction of sp³-hybridized carbons (Fsp3) is 0.389. The second-order valence-corrected chi connectivity index (χ2v) is 6.50. The van der Waals surface area contributed by atoms with E-state index in [1.165, 1.54) is 12.1 Å². The number of aromatic nitrogens is 1. The summed E-state index contributed by atoms with van der Waals surface area (Å²) in [5, 5.41) is 17.7. The van der Waals surface area contributed by atoms with E-state index in [9.17, 15) is 27.9 Å². The molecule has 164 valence electrons. The van der Waals surface area contributed by atoms with E-state index in [4.69, 9.17) is 16.3 Å². The highest BCUT2D eigenvalue weighted by Crippen LogP contribution is 2.20. The number of carbonyl (C=O) groups excluding carboxylic acids is 2. The maximum Gasteiger partial charge on any atom is 0.289 e. The largest absolute Gasteiger partial charge is 0.493 e. The van der Waals surface area contributed by atoms with E-state index in [0.717, 1.165) is 12.1 Å². The number of alkyl halides is 2. The Labute approximate surface area is 174 Å². The van der Waals surface area contributed by atoms with Gasteiger partial charge in [0.2, 0.25) is 11.7 Å². The van der Waals surface area contributed by atoms with Crippen molar-refractivity contribution in [1.29, 1.82) is 0 Å². The van der Waals surface area contributed by atoms with Crippen LogP contribution in [0, 0.1) is 5.82 Å². The topological polar surface area (TPSA) is 114 Å². The van der Waals surface area contributed by atoms with Crippen molar-refractivity contribution in [3.63, 3.8) is 0 Å². The van der Waals surface area contributed by atoms with Crippen molar-refractivity contribution in [3.8, 4) is 5.75 Å². The fourth-order valence-electron chi connectivity index (χ4n) is 2.19. The van der Waals surface area contributed by atoms with Gasteiger partial charge in [-0.25, -0.2) is 13.2 Å². The maximum atomic E-state index is 13.3. The van der Waals surface area contributed by atoms with Crippen molar-refractivity contribution in [2.75, 3.05) is 19.7 Å². The van der Waals surface area contributed by atoms with Crippen LogP contribution in [0.2, 0.25) is 5.02 Å². The third-order valence-corrected chi connectivity index (χ3v) is 4.07. The minimum atomic E-state index is -2.85. The van der Waals surface area contributed by atoms with Crippen LogP contribution >= 0.6 is 11.6 Å². The first-order valence-corrected chi connectivity index (χ1v) is 9.19. The van der Waals surface area contributed by atoms with Gasteiger partial charge in [0.05, 0.1) is 24.2 Å². The number of amides is 2. The van der Waals surface area contributed by atoms with E-state index in [1.54, 1.807) is 0 Å². The molecule has 30 heavy (non-hydrogen) atoms. The van der Waals surface area contributed by atoms with Crippen LogP contribution in [0.3, 0.4) is 0 Å². The van der Waals surface area contributed by atoms with E-state index in [2.05, 4.69) is 20.3 Å². The van der Waals surface area contributed by atoms with Crippen LogP contribution in [0.15, 0.2) is 28.8 Å². The molecule has 1 atom stereocenters. The number of ether oxygens (including phenoxy) is 1. The summed E-state index contributed by atoms with van der Waals surface area (Å²) in [5.41, 5.74) is -0.645. The Morgan fingerprint density at radius 3 is 2.70 bits per heavy atom. The van der Waals surface area contributed by atoms with Gasteiger partial charge in [-0.3, -0.25) is 9.59 Å². The molecule has 12 heteroatoms. The predicted molar refractivity (Wildman–Crippen MR) is 98.9 cm³/mol. The maximum absolute atomic E-state index is 13.3. The van der Waals surface area contributed by atoms with Crippen molar-refractivity contribution in [2.45, 2.75) is 25.4 Å². The Balaban J connectivity index is 1.59. The van der Waals surface area contributed by atoms with Gasteiger partial charge in [0.25, 0.3) is 12.3 Å². The normalized spacial score (nSPS) is 11.9. The predicted octanol–water partition coefficient (Wildman–Crippen LogP) is 2.47. The summed E-state index contributed by atoms with van der Waals surface area (Å²) in [6, 6.07) is 4.73. The average molecular weight is 450 g/mol. The van der Waals surface area contributed by atoms with Crippen LogP contribution < -0.4 is 15.4 Å². The summed E-state index contributed by atoms with van der Waals surface area (Å²) in [5.74, 6) is -1.91. The Hall–Kier alpha value is -2.79. The molecule has 2 amide bonds. The molecule has 0 spiro atoms. The van der Waals surface area contributed by atoms with Gasteiger partial charge in [0.1, 0.15) is 11.6 Å². The van der Waals surface area contributed by atoms with Gasteiger partial charge >= 0.3 is 0 Å². The molecule has 1 aromatic heterocycles. The Kier molecular flexibility index (Phi) is 8.93. The summed E-state index contributed by atoms with van der Waals surface area (Å²) < 4.78 is 47.8. The third kappa shape index (κ3) is 7.56. The number of benzene rings is 1. The Bertz CT molecular complexity index is 865. The second-order valence-electron chi connectivity index (χ2n) is 6.09. The van der Waals surface area contributed by atoms with Crippen LogP contribution in [0.1, 0.15) is 35.5 Å². The minimum Gasteiger partial charge on any atom is -0.493 e. The minimum absolute atomic E-state index is 0.00313. The lowest BCUT2D eigenvalue weighted by Gasteiger charge is -2.12. The van der Waals surface area contributed by atoms with E-state index >= 15 is 0 Å². The highest BCUT2D eigenvalue weighted by atomic mass is 35.5. The molecular weight excluding hydrogens is 431 g/mol. The molecule has 0 saturated heterocycles. The number of rotatable bonds is 11. The molecule has 0 radical (unpaired) electrons. The lowest BCUT2D eigenvalue weighted by atomic mass is 10.2. The number of nitrogens with one attached hydrogen (secondary N) is 2. The van der Waals surface area contributed by atoms with E-state index in [0.29, 0.717) is 0 Å². The second kappa shape index (κ2) is 11.4. The molecule has 0 bridgehead atoms. The lowest BCUT2D eigenvalue weighted by molar-refractivity contribution is -0.122. The van der Waals surface area contributed by atoms with Crippen LogP contribution in [0.4, 0.5) is 13.2 Å². The standard InChI is InChI=1S/C18H19ClF3N3O5/c19-12-2-1-11(7-13(12)20)29-6-4-16(27)24-9-10(26)3-5-23-18(28)15-8-14(17(21)22)25-30-15/h1-2,7-8,10,17,26H,3-6,9H2,(H,23,28)(H,24,27)/t10-/m0/s1. The number of hydrogen-bond acceptors (Lipinski definition) is 6. The first-order valence-electron chi connectivity index (χ1n) is 8.82. The zero-order chi connectivity index (χ0) is 22.1. The Morgan fingerprint density at radius 1 is 1.27 bits per heavy atom. The highest BCUT2D eigenvalue weighted by molar-refractivity contribution is 6.30. The number of aliphatic hydroxyl groups excluding tert-OH is 1. The summed E-state index contributed by atoms with van der Waals surface area (Å²) >= 11 is 5.56. The molecule has 2 rings (SSSR count). The summed E-state index contributed by atoms with van der Waals surface area (Å²) in [4.78, 5) is 23.5. The average Bonchev–Trinajstić information content (AvgIpc) is 3.20. The monoisotopic (exact) mass is 449 g/mol. The zero-order valence-electron chi connectivity index (χ0n) is 15.5. The summed E-state index contributed by atoms with van der Waals surface area (Å²) in [6.45, 7) is -0.0508. The first kappa shape index (κ1) is 23.5. The molecule has 0 unspecified atom stereocenters. The molecule has 1 aromatic carbocycles. The molecule has 0 aliphatic heterocycles. The molecule has 8 nitrogen and oxygen atoms in total. The molecule has 0 fully saturated rings. The molecule has 3 N–H and O–H groups in total. The van der Waals surface area contributed by atoms with Crippen molar-refractivity contribution < 1.29 is 37.1 Å². The van der Waals surface area contributed by atoms with E-state index < -0.39 is 35.9 Å². The van der Waals surface area contributed by atoms with Gasteiger partial charge in [0, 0.05) is 25.2 Å². The molecule has 1 heterocycles. The third-order valence-electron chi connectivity index (χ3n) is 3.76. The van der Waals surface area contributed by atoms with Gasteiger partial charge in [-0.2, -0.15) is 0 Å². The Morgan fingerprint density at radius 2 is 2.03 bits per heavy atom. The van der Waals surface area contributed by atoms with Crippen molar-refractivity contribution in [2.24, 2.45) is 0 Å².